The van der Waals surface area contributed by atoms with Gasteiger partial charge in [0.25, 0.3) is 5.91 Å². The Kier molecular flexibility index (Phi) is 4.44. The predicted molar refractivity (Wildman–Crippen MR) is 87.9 cm³/mol. The second-order valence-corrected chi connectivity index (χ2v) is 8.19. The summed E-state index contributed by atoms with van der Waals surface area (Å²) in [5.41, 5.74) is 1.36. The summed E-state index contributed by atoms with van der Waals surface area (Å²) in [6.45, 7) is 2.97. The average Bonchev–Trinajstić information content (AvgIpc) is 3.37. The van der Waals surface area contributed by atoms with Crippen LogP contribution in [0, 0.1) is 0 Å². The first-order valence-electron chi connectivity index (χ1n) is 8.01. The van der Waals surface area contributed by atoms with E-state index in [1.54, 1.807) is 12.1 Å². The third kappa shape index (κ3) is 3.57. The van der Waals surface area contributed by atoms with Crippen molar-refractivity contribution >= 4 is 15.9 Å². The molecule has 126 valence electrons. The molecule has 0 radical (unpaired) electrons. The van der Waals surface area contributed by atoms with Gasteiger partial charge in [-0.05, 0) is 50.9 Å². The number of amides is 1. The topological polar surface area (TPSA) is 78.5 Å². The molecule has 0 saturated heterocycles. The Labute approximate surface area is 137 Å². The number of sulfonamides is 1. The summed E-state index contributed by atoms with van der Waals surface area (Å²) in [5, 5.41) is 2.74. The van der Waals surface area contributed by atoms with Gasteiger partial charge in [-0.2, -0.15) is 0 Å². The third-order valence-electron chi connectivity index (χ3n) is 4.70. The first kappa shape index (κ1) is 16.4. The molecule has 0 spiro atoms. The van der Waals surface area contributed by atoms with Crippen LogP contribution in [0.1, 0.15) is 35.7 Å². The standard InChI is InChI=1S/C16H23N3O3S/c1-11(19(2)13-4-5-13)10-18-23(21,22)14-6-3-12-7-8-17-16(20)15(12)9-14/h3,6,9,11,13,18H,4-5,7-8,10H2,1-2H3,(H,17,20). The van der Waals surface area contributed by atoms with Gasteiger partial charge in [-0.1, -0.05) is 6.07 Å². The maximum absolute atomic E-state index is 12.5. The van der Waals surface area contributed by atoms with E-state index in [0.29, 0.717) is 24.7 Å². The van der Waals surface area contributed by atoms with Crippen LogP contribution in [0.2, 0.25) is 0 Å². The van der Waals surface area contributed by atoms with Crippen LogP contribution in [0.15, 0.2) is 23.1 Å². The number of benzene rings is 1. The van der Waals surface area contributed by atoms with Gasteiger partial charge in [0.1, 0.15) is 0 Å². The minimum Gasteiger partial charge on any atom is -0.352 e. The Morgan fingerprint density at radius 3 is 2.83 bits per heavy atom. The Hall–Kier alpha value is -1.44. The molecule has 1 heterocycles. The van der Waals surface area contributed by atoms with Crippen molar-refractivity contribution in [3.8, 4) is 0 Å². The molecule has 6 nitrogen and oxygen atoms in total. The van der Waals surface area contributed by atoms with Crippen LogP contribution >= 0.6 is 0 Å². The zero-order chi connectivity index (χ0) is 16.6. The number of fused-ring (bicyclic) bond motifs is 1. The molecule has 1 unspecified atom stereocenters. The van der Waals surface area contributed by atoms with Crippen LogP contribution in [0.4, 0.5) is 0 Å². The van der Waals surface area contributed by atoms with E-state index in [4.69, 9.17) is 0 Å². The van der Waals surface area contributed by atoms with Gasteiger partial charge in [-0.15, -0.1) is 0 Å². The number of hydrogen-bond acceptors (Lipinski definition) is 4. The molecular formula is C16H23N3O3S. The molecule has 1 saturated carbocycles. The van der Waals surface area contributed by atoms with Gasteiger partial charge in [-0.25, -0.2) is 13.1 Å². The molecule has 1 atom stereocenters. The highest BCUT2D eigenvalue weighted by Gasteiger charge is 2.30. The zero-order valence-corrected chi connectivity index (χ0v) is 14.3. The number of hydrogen-bond donors (Lipinski definition) is 2. The minimum absolute atomic E-state index is 0.137. The quantitative estimate of drug-likeness (QED) is 0.802. The fourth-order valence-corrected chi connectivity index (χ4v) is 4.00. The summed E-state index contributed by atoms with van der Waals surface area (Å²) in [7, 11) is -1.58. The lowest BCUT2D eigenvalue weighted by Crippen LogP contribution is -2.41. The number of nitrogens with zero attached hydrogens (tertiary/aromatic N) is 1. The summed E-state index contributed by atoms with van der Waals surface area (Å²) >= 11 is 0. The van der Waals surface area contributed by atoms with Crippen LogP contribution < -0.4 is 10.0 Å². The van der Waals surface area contributed by atoms with Crippen molar-refractivity contribution in [2.45, 2.75) is 43.2 Å². The molecular weight excluding hydrogens is 314 g/mol. The van der Waals surface area contributed by atoms with Gasteiger partial charge >= 0.3 is 0 Å². The van der Waals surface area contributed by atoms with E-state index in [0.717, 1.165) is 12.0 Å². The summed E-state index contributed by atoms with van der Waals surface area (Å²) in [6.07, 6.45) is 3.11. The van der Waals surface area contributed by atoms with Crippen molar-refractivity contribution in [1.29, 1.82) is 0 Å². The number of nitrogens with one attached hydrogen (secondary N) is 2. The SMILES string of the molecule is CC(CNS(=O)(=O)c1ccc2c(c1)C(=O)NCC2)N(C)C1CC1. The molecule has 7 heteroatoms. The molecule has 3 rings (SSSR count). The Morgan fingerprint density at radius 1 is 1.39 bits per heavy atom. The van der Waals surface area contributed by atoms with Crippen LogP contribution in [0.3, 0.4) is 0 Å². The number of carbonyl (C=O) groups is 1. The Bertz CT molecular complexity index is 713. The smallest absolute Gasteiger partial charge is 0.251 e. The monoisotopic (exact) mass is 337 g/mol. The molecule has 1 aromatic carbocycles. The minimum atomic E-state index is -3.61. The van der Waals surface area contributed by atoms with Gasteiger partial charge in [0.05, 0.1) is 4.90 Å². The largest absolute Gasteiger partial charge is 0.352 e. The lowest BCUT2D eigenvalue weighted by Gasteiger charge is -2.24. The fraction of sp³-hybridized carbons (Fsp3) is 0.562. The lowest BCUT2D eigenvalue weighted by atomic mass is 10.0. The Balaban J connectivity index is 1.72. The normalized spacial score (nSPS) is 19.3. The van der Waals surface area contributed by atoms with Crippen molar-refractivity contribution in [2.75, 3.05) is 20.1 Å². The van der Waals surface area contributed by atoms with E-state index in [2.05, 4.69) is 14.9 Å². The van der Waals surface area contributed by atoms with E-state index in [9.17, 15) is 13.2 Å². The number of carbonyl (C=O) groups excluding carboxylic acids is 1. The third-order valence-corrected chi connectivity index (χ3v) is 6.12. The molecule has 1 aliphatic carbocycles. The molecule has 2 aliphatic rings. The summed E-state index contributed by atoms with van der Waals surface area (Å²) in [5.74, 6) is -0.204. The van der Waals surface area contributed by atoms with Gasteiger partial charge in [-0.3, -0.25) is 9.69 Å². The van der Waals surface area contributed by atoms with Crippen LogP contribution in [-0.4, -0.2) is 51.4 Å². The highest BCUT2D eigenvalue weighted by molar-refractivity contribution is 7.89. The molecule has 1 amide bonds. The van der Waals surface area contributed by atoms with Crippen LogP contribution in [-0.2, 0) is 16.4 Å². The average molecular weight is 337 g/mol. The van der Waals surface area contributed by atoms with Crippen LogP contribution in [0.5, 0.6) is 0 Å². The van der Waals surface area contributed by atoms with Crippen molar-refractivity contribution in [3.63, 3.8) is 0 Å². The van der Waals surface area contributed by atoms with Crippen molar-refractivity contribution in [1.82, 2.24) is 14.9 Å². The summed E-state index contributed by atoms with van der Waals surface area (Å²) in [6, 6.07) is 5.51. The molecule has 23 heavy (non-hydrogen) atoms. The van der Waals surface area contributed by atoms with Gasteiger partial charge in [0.2, 0.25) is 10.0 Å². The van der Waals surface area contributed by atoms with Crippen molar-refractivity contribution in [3.05, 3.63) is 29.3 Å². The molecule has 1 aromatic rings. The maximum Gasteiger partial charge on any atom is 0.251 e. The summed E-state index contributed by atoms with van der Waals surface area (Å²) in [4.78, 5) is 14.2. The molecule has 1 aliphatic heterocycles. The van der Waals surface area contributed by atoms with Crippen molar-refractivity contribution < 1.29 is 13.2 Å². The van der Waals surface area contributed by atoms with E-state index in [-0.39, 0.29) is 16.8 Å². The highest BCUT2D eigenvalue weighted by Crippen LogP contribution is 2.27. The molecule has 0 aromatic heterocycles. The second-order valence-electron chi connectivity index (χ2n) is 6.42. The molecule has 2 N–H and O–H groups in total. The zero-order valence-electron chi connectivity index (χ0n) is 13.5. The predicted octanol–water partition coefficient (Wildman–Crippen LogP) is 0.733. The summed E-state index contributed by atoms with van der Waals surface area (Å²) < 4.78 is 27.6. The highest BCUT2D eigenvalue weighted by atomic mass is 32.2. The van der Waals surface area contributed by atoms with Crippen LogP contribution in [0.25, 0.3) is 0 Å². The van der Waals surface area contributed by atoms with Gasteiger partial charge in [0.15, 0.2) is 0 Å². The van der Waals surface area contributed by atoms with E-state index >= 15 is 0 Å². The van der Waals surface area contributed by atoms with E-state index < -0.39 is 10.0 Å². The van der Waals surface area contributed by atoms with Gasteiger partial charge < -0.3 is 5.32 Å². The number of likely N-dealkylation sites (N-methyl/N-ethyl adjacent to an activating group) is 1. The number of rotatable bonds is 6. The van der Waals surface area contributed by atoms with Crippen molar-refractivity contribution in [2.24, 2.45) is 0 Å². The maximum atomic E-state index is 12.5. The second kappa shape index (κ2) is 6.22. The molecule has 0 bridgehead atoms. The first-order valence-corrected chi connectivity index (χ1v) is 9.49. The van der Waals surface area contributed by atoms with E-state index in [1.807, 2.05) is 14.0 Å². The first-order chi connectivity index (χ1) is 10.9. The Morgan fingerprint density at radius 2 is 2.13 bits per heavy atom. The van der Waals surface area contributed by atoms with E-state index in [1.165, 1.54) is 18.9 Å². The fourth-order valence-electron chi connectivity index (χ4n) is 2.86. The lowest BCUT2D eigenvalue weighted by molar-refractivity contribution is 0.0945. The van der Waals surface area contributed by atoms with Gasteiger partial charge in [0, 0.05) is 30.7 Å². The molecule has 1 fully saturated rings.